The maximum atomic E-state index is 13.5. The van der Waals surface area contributed by atoms with Gasteiger partial charge in [-0.05, 0) is 0 Å². The lowest BCUT2D eigenvalue weighted by molar-refractivity contribution is -0.292. The molecule has 0 saturated heterocycles. The lowest BCUT2D eigenvalue weighted by atomic mass is 10.3. The van der Waals surface area contributed by atoms with Gasteiger partial charge in [0, 0.05) is 0 Å². The monoisotopic (exact) mass is 428 g/mol. The summed E-state index contributed by atoms with van der Waals surface area (Å²) in [5, 5.41) is 35.6. The van der Waals surface area contributed by atoms with E-state index in [2.05, 4.69) is 14.2 Å². The van der Waals surface area contributed by atoms with Crippen LogP contribution in [0, 0.1) is 0 Å². The summed E-state index contributed by atoms with van der Waals surface area (Å²) in [7, 11) is 0. The third-order valence-corrected chi connectivity index (χ3v) is 2.79. The summed E-state index contributed by atoms with van der Waals surface area (Å²) in [5.41, 5.74) is 0. The first kappa shape index (κ1) is 27.4. The maximum Gasteiger partial charge on any atom is 0.379 e. The second-order valence-corrected chi connectivity index (χ2v) is 5.72. The molecule has 0 amide bonds. The van der Waals surface area contributed by atoms with E-state index in [0.717, 1.165) is 0 Å². The Balaban J connectivity index is 3.96. The van der Waals surface area contributed by atoms with E-state index >= 15 is 0 Å². The zero-order valence-corrected chi connectivity index (χ0v) is 15.3. The molecule has 28 heavy (non-hydrogen) atoms. The van der Waals surface area contributed by atoms with Crippen molar-refractivity contribution in [2.45, 2.75) is 24.2 Å². The number of aliphatic hydroxyl groups is 4. The molecule has 0 aromatic rings. The van der Waals surface area contributed by atoms with Gasteiger partial charge in [0.25, 0.3) is 5.92 Å². The lowest BCUT2D eigenvalue weighted by Gasteiger charge is -2.22. The van der Waals surface area contributed by atoms with Crippen LogP contribution < -0.4 is 0 Å². The Labute approximate surface area is 159 Å². The molecule has 0 radical (unpaired) electrons. The normalized spacial score (nSPS) is 15.0. The quantitative estimate of drug-likeness (QED) is 0.151. The minimum Gasteiger partial charge on any atom is -0.394 e. The first-order valence-corrected chi connectivity index (χ1v) is 8.40. The van der Waals surface area contributed by atoms with Crippen molar-refractivity contribution in [1.82, 2.24) is 0 Å². The second kappa shape index (κ2) is 15.2. The summed E-state index contributed by atoms with van der Waals surface area (Å²) in [6, 6.07) is 0. The minimum atomic E-state index is -4.02. The molecule has 0 saturated carbocycles. The largest absolute Gasteiger partial charge is 0.394 e. The molecule has 0 aromatic heterocycles. The van der Waals surface area contributed by atoms with Crippen molar-refractivity contribution in [3.8, 4) is 0 Å². The van der Waals surface area contributed by atoms with Crippen molar-refractivity contribution in [2.75, 3.05) is 72.7 Å². The van der Waals surface area contributed by atoms with Crippen LogP contribution in [-0.4, -0.2) is 117 Å². The highest BCUT2D eigenvalue weighted by atomic mass is 19.3. The molecule has 0 aromatic carbocycles. The highest BCUT2D eigenvalue weighted by molar-refractivity contribution is 4.67. The number of aliphatic hydroxyl groups excluding tert-OH is 4. The smallest absolute Gasteiger partial charge is 0.379 e. The summed E-state index contributed by atoms with van der Waals surface area (Å²) >= 11 is 0. The molecule has 0 rings (SSSR count). The highest BCUT2D eigenvalue weighted by Gasteiger charge is 2.38. The Morgan fingerprint density at radius 2 is 1.07 bits per heavy atom. The van der Waals surface area contributed by atoms with Gasteiger partial charge in [0.05, 0.1) is 52.9 Å². The molecule has 0 aliphatic rings. The third-order valence-electron chi connectivity index (χ3n) is 2.79. The van der Waals surface area contributed by atoms with Crippen molar-refractivity contribution in [1.29, 1.82) is 0 Å². The second-order valence-electron chi connectivity index (χ2n) is 5.72. The molecule has 170 valence electrons. The average Bonchev–Trinajstić information content (AvgIpc) is 2.60. The van der Waals surface area contributed by atoms with Crippen LogP contribution in [0.4, 0.5) is 17.6 Å². The van der Waals surface area contributed by atoms with Crippen molar-refractivity contribution in [3.05, 3.63) is 0 Å². The molecule has 2 unspecified atom stereocenters. The van der Waals surface area contributed by atoms with E-state index in [0.29, 0.717) is 0 Å². The molecule has 9 nitrogen and oxygen atoms in total. The summed E-state index contributed by atoms with van der Waals surface area (Å²) in [6.45, 7) is -6.44. The SMILES string of the molecule is OCCOCC(O)COCC(F)(F)COC(F)(F)COCC(O)COCCO. The number of rotatable bonds is 19. The van der Waals surface area contributed by atoms with Crippen LogP contribution in [0.1, 0.15) is 0 Å². The van der Waals surface area contributed by atoms with Crippen molar-refractivity contribution in [2.24, 2.45) is 0 Å². The fourth-order valence-corrected chi connectivity index (χ4v) is 1.62. The fraction of sp³-hybridized carbons (Fsp3) is 1.00. The first-order valence-electron chi connectivity index (χ1n) is 8.40. The van der Waals surface area contributed by atoms with E-state index in [4.69, 9.17) is 19.7 Å². The molecule has 0 aliphatic carbocycles. The van der Waals surface area contributed by atoms with Gasteiger partial charge in [0.1, 0.15) is 32.0 Å². The van der Waals surface area contributed by atoms with Crippen LogP contribution in [0.15, 0.2) is 0 Å². The maximum absolute atomic E-state index is 13.5. The van der Waals surface area contributed by atoms with Crippen LogP contribution in [0.2, 0.25) is 0 Å². The Morgan fingerprint density at radius 3 is 1.54 bits per heavy atom. The average molecular weight is 428 g/mol. The number of hydrogen-bond donors (Lipinski definition) is 4. The van der Waals surface area contributed by atoms with E-state index < -0.39 is 57.3 Å². The summed E-state index contributed by atoms with van der Waals surface area (Å²) in [5.74, 6) is -3.74. The van der Waals surface area contributed by atoms with Crippen molar-refractivity contribution in [3.63, 3.8) is 0 Å². The molecule has 0 bridgehead atoms. The predicted octanol–water partition coefficient (Wildman–Crippen LogP) is -0.996. The van der Waals surface area contributed by atoms with Gasteiger partial charge >= 0.3 is 6.11 Å². The molecular weight excluding hydrogens is 400 g/mol. The van der Waals surface area contributed by atoms with Crippen LogP contribution in [-0.2, 0) is 23.7 Å². The van der Waals surface area contributed by atoms with Gasteiger partial charge in [-0.2, -0.15) is 8.78 Å². The Kier molecular flexibility index (Phi) is 14.9. The highest BCUT2D eigenvalue weighted by Crippen LogP contribution is 2.22. The minimum absolute atomic E-state index is 0.0368. The van der Waals surface area contributed by atoms with Crippen LogP contribution in [0.25, 0.3) is 0 Å². The fourth-order valence-electron chi connectivity index (χ4n) is 1.62. The molecule has 4 N–H and O–H groups in total. The van der Waals surface area contributed by atoms with Gasteiger partial charge in [-0.1, -0.05) is 0 Å². The Bertz CT molecular complexity index is 343. The van der Waals surface area contributed by atoms with E-state index in [1.807, 2.05) is 0 Å². The van der Waals surface area contributed by atoms with Crippen molar-refractivity contribution < 1.29 is 61.7 Å². The van der Waals surface area contributed by atoms with Gasteiger partial charge in [0.2, 0.25) is 0 Å². The van der Waals surface area contributed by atoms with Crippen molar-refractivity contribution >= 4 is 0 Å². The van der Waals surface area contributed by atoms with Gasteiger partial charge in [-0.15, -0.1) is 0 Å². The first-order chi connectivity index (χ1) is 13.1. The summed E-state index contributed by atoms with van der Waals surface area (Å²) in [6.07, 6.45) is -6.47. The molecule has 13 heteroatoms. The van der Waals surface area contributed by atoms with Gasteiger partial charge in [-0.3, -0.25) is 0 Å². The number of hydrogen-bond acceptors (Lipinski definition) is 9. The zero-order valence-electron chi connectivity index (χ0n) is 15.3. The van der Waals surface area contributed by atoms with Gasteiger partial charge in [-0.25, -0.2) is 8.78 Å². The standard InChI is InChI=1S/C15H28F4O9/c16-14(17,9-26-7-12(22)5-24-3-1-20)10-28-15(18,19)11-27-8-13(23)6-25-4-2-21/h12-13,20-23H,1-11H2. The summed E-state index contributed by atoms with van der Waals surface area (Å²) < 4.78 is 76.2. The van der Waals surface area contributed by atoms with E-state index in [1.165, 1.54) is 0 Å². The van der Waals surface area contributed by atoms with Crippen LogP contribution in [0.3, 0.4) is 0 Å². The molecule has 0 fully saturated rings. The Hall–Kier alpha value is -0.640. The number of halogens is 4. The van der Waals surface area contributed by atoms with E-state index in [9.17, 15) is 27.8 Å². The molecule has 0 spiro atoms. The molecular formula is C15H28F4O9. The van der Waals surface area contributed by atoms with Crippen LogP contribution in [0.5, 0.6) is 0 Å². The van der Waals surface area contributed by atoms with E-state index in [-0.39, 0.29) is 39.6 Å². The topological polar surface area (TPSA) is 127 Å². The zero-order chi connectivity index (χ0) is 21.5. The molecule has 2 atom stereocenters. The molecule has 0 heterocycles. The lowest BCUT2D eigenvalue weighted by Crippen LogP contribution is -2.38. The third kappa shape index (κ3) is 16.3. The van der Waals surface area contributed by atoms with Crippen LogP contribution >= 0.6 is 0 Å². The van der Waals surface area contributed by atoms with Gasteiger partial charge in [0.15, 0.2) is 0 Å². The van der Waals surface area contributed by atoms with E-state index in [1.54, 1.807) is 0 Å². The molecule has 0 aliphatic heterocycles. The summed E-state index contributed by atoms with van der Waals surface area (Å²) in [4.78, 5) is 0. The van der Waals surface area contributed by atoms with Gasteiger partial charge < -0.3 is 44.1 Å². The predicted molar refractivity (Wildman–Crippen MR) is 85.3 cm³/mol. The number of alkyl halides is 4. The Morgan fingerprint density at radius 1 is 0.643 bits per heavy atom. The number of ether oxygens (including phenoxy) is 5.